The lowest BCUT2D eigenvalue weighted by molar-refractivity contribution is 0.238. The van der Waals surface area contributed by atoms with Gasteiger partial charge in [-0.25, -0.2) is 0 Å². The molecule has 0 bridgehead atoms. The van der Waals surface area contributed by atoms with Crippen LogP contribution in [0, 0.1) is 16.2 Å². The van der Waals surface area contributed by atoms with Gasteiger partial charge < -0.3 is 5.11 Å². The Kier molecular flexibility index (Phi) is 10.5. The van der Waals surface area contributed by atoms with E-state index in [1.807, 2.05) is 0 Å². The highest BCUT2D eigenvalue weighted by Gasteiger charge is 2.40. The quantitative estimate of drug-likeness (QED) is 0.321. The number of aliphatic hydroxyl groups excluding tert-OH is 1. The first kappa shape index (κ1) is 26.3. The minimum atomic E-state index is -0.0172. The van der Waals surface area contributed by atoms with E-state index in [1.165, 1.54) is 88.2 Å². The van der Waals surface area contributed by atoms with Crippen LogP contribution in [0.3, 0.4) is 0 Å². The first-order valence-electron chi connectivity index (χ1n) is 12.6. The van der Waals surface area contributed by atoms with Crippen molar-refractivity contribution in [3.8, 4) is 0 Å². The summed E-state index contributed by atoms with van der Waals surface area (Å²) >= 11 is 0. The van der Waals surface area contributed by atoms with Gasteiger partial charge >= 0.3 is 0 Å². The fraction of sp³-hybridized carbons (Fsp3) is 0.857. The Hall–Kier alpha value is -0.720. The van der Waals surface area contributed by atoms with Crippen molar-refractivity contribution in [3.63, 3.8) is 0 Å². The van der Waals surface area contributed by atoms with Crippen molar-refractivity contribution in [1.82, 2.24) is 0 Å². The van der Waals surface area contributed by atoms with Gasteiger partial charge in [0.1, 0.15) is 5.76 Å². The number of unbranched alkanes of at least 4 members (excludes halogenated alkanes) is 8. The maximum atomic E-state index is 11.2. The fourth-order valence-electron chi connectivity index (χ4n) is 4.82. The van der Waals surface area contributed by atoms with Crippen LogP contribution in [-0.2, 0) is 0 Å². The van der Waals surface area contributed by atoms with Crippen molar-refractivity contribution >= 4 is 0 Å². The number of hydrogen-bond acceptors (Lipinski definition) is 1. The molecule has 0 spiro atoms. The smallest absolute Gasteiger partial charge is 0.118 e. The maximum absolute atomic E-state index is 11.2. The lowest BCUT2D eigenvalue weighted by Gasteiger charge is -2.43. The van der Waals surface area contributed by atoms with E-state index < -0.39 is 0 Å². The molecule has 0 radical (unpaired) electrons. The van der Waals surface area contributed by atoms with Crippen LogP contribution in [0.1, 0.15) is 139 Å². The second-order valence-electron chi connectivity index (χ2n) is 11.8. The molecule has 1 N–H and O–H groups in total. The molecule has 0 fully saturated rings. The fourth-order valence-corrected chi connectivity index (χ4v) is 4.82. The molecular formula is C28H52O. The summed E-state index contributed by atoms with van der Waals surface area (Å²) in [5, 5.41) is 11.2. The summed E-state index contributed by atoms with van der Waals surface area (Å²) in [5.41, 5.74) is 2.71. The Morgan fingerprint density at radius 3 is 1.55 bits per heavy atom. The van der Waals surface area contributed by atoms with E-state index in [0.717, 1.165) is 6.42 Å². The van der Waals surface area contributed by atoms with Crippen molar-refractivity contribution in [2.24, 2.45) is 16.2 Å². The summed E-state index contributed by atoms with van der Waals surface area (Å²) in [6.45, 7) is 18.2. The van der Waals surface area contributed by atoms with Crippen molar-refractivity contribution in [2.45, 2.75) is 139 Å². The molecule has 0 aromatic carbocycles. The van der Waals surface area contributed by atoms with Crippen LogP contribution in [0.15, 0.2) is 23.0 Å². The minimum absolute atomic E-state index is 0.0172. The zero-order valence-electron chi connectivity index (χ0n) is 21.2. The molecule has 0 atom stereocenters. The van der Waals surface area contributed by atoms with Crippen LogP contribution in [0.2, 0.25) is 0 Å². The summed E-state index contributed by atoms with van der Waals surface area (Å²) in [7, 11) is 0. The molecule has 1 rings (SSSR count). The summed E-state index contributed by atoms with van der Waals surface area (Å²) in [5.74, 6) is 0.595. The topological polar surface area (TPSA) is 20.2 Å². The molecule has 0 aromatic rings. The van der Waals surface area contributed by atoms with Crippen molar-refractivity contribution in [1.29, 1.82) is 0 Å². The largest absolute Gasteiger partial charge is 0.508 e. The molecule has 29 heavy (non-hydrogen) atoms. The third kappa shape index (κ3) is 8.50. The lowest BCUT2D eigenvalue weighted by atomic mass is 9.62. The Balaban J connectivity index is 3.13. The lowest BCUT2D eigenvalue weighted by Crippen LogP contribution is -2.31. The Morgan fingerprint density at radius 2 is 1.17 bits per heavy atom. The number of hydrogen-bond donors (Lipinski definition) is 1. The Morgan fingerprint density at radius 1 is 0.724 bits per heavy atom. The standard InChI is InChI=1S/C28H52O/c1-9-11-13-15-17-19-28(20-18-16-14-12-10-2)21-23(26(3,4)5)25(29)24(22-28)27(6,7)8/h21,29H,9-20,22H2,1-8H3. The molecule has 0 saturated carbocycles. The number of rotatable bonds is 12. The predicted octanol–water partition coefficient (Wildman–Crippen LogP) is 9.93. The van der Waals surface area contributed by atoms with Gasteiger partial charge in [-0.3, -0.25) is 0 Å². The third-order valence-corrected chi connectivity index (χ3v) is 6.79. The molecule has 0 unspecified atom stereocenters. The van der Waals surface area contributed by atoms with Gasteiger partial charge in [-0.2, -0.15) is 0 Å². The van der Waals surface area contributed by atoms with Crippen LogP contribution in [0.5, 0.6) is 0 Å². The molecule has 0 aliphatic heterocycles. The van der Waals surface area contributed by atoms with Crippen LogP contribution < -0.4 is 0 Å². The summed E-state index contributed by atoms with van der Waals surface area (Å²) in [6, 6.07) is 0. The normalized spacial score (nSPS) is 17.6. The Labute approximate surface area is 183 Å². The highest BCUT2D eigenvalue weighted by atomic mass is 16.3. The van der Waals surface area contributed by atoms with E-state index in [4.69, 9.17) is 0 Å². The summed E-state index contributed by atoms with van der Waals surface area (Å²) < 4.78 is 0. The van der Waals surface area contributed by atoms with Gasteiger partial charge in [-0.1, -0.05) is 126 Å². The van der Waals surface area contributed by atoms with Crippen LogP contribution in [0.25, 0.3) is 0 Å². The molecule has 0 heterocycles. The third-order valence-electron chi connectivity index (χ3n) is 6.79. The molecule has 1 nitrogen and oxygen atoms in total. The molecular weight excluding hydrogens is 352 g/mol. The van der Waals surface area contributed by atoms with Gasteiger partial charge in [0.15, 0.2) is 0 Å². The summed E-state index contributed by atoms with van der Waals surface area (Å²) in [6.07, 6.45) is 19.5. The molecule has 0 saturated heterocycles. The van der Waals surface area contributed by atoms with Crippen molar-refractivity contribution in [3.05, 3.63) is 23.0 Å². The van der Waals surface area contributed by atoms with E-state index in [1.54, 1.807) is 0 Å². The highest BCUT2D eigenvalue weighted by molar-refractivity contribution is 5.42. The monoisotopic (exact) mass is 404 g/mol. The van der Waals surface area contributed by atoms with Gasteiger partial charge in [0.2, 0.25) is 0 Å². The molecule has 1 heteroatoms. The minimum Gasteiger partial charge on any atom is -0.508 e. The second-order valence-corrected chi connectivity index (χ2v) is 11.8. The van der Waals surface area contributed by atoms with Gasteiger partial charge in [-0.05, 0) is 46.7 Å². The molecule has 0 amide bonds. The number of aliphatic hydroxyl groups is 1. The molecule has 170 valence electrons. The summed E-state index contributed by atoms with van der Waals surface area (Å²) in [4.78, 5) is 0. The zero-order chi connectivity index (χ0) is 22.1. The van der Waals surface area contributed by atoms with E-state index in [0.29, 0.717) is 5.76 Å². The Bertz CT molecular complexity index is 522. The first-order valence-corrected chi connectivity index (χ1v) is 12.6. The van der Waals surface area contributed by atoms with E-state index in [-0.39, 0.29) is 16.2 Å². The second kappa shape index (κ2) is 11.6. The average molecular weight is 405 g/mol. The van der Waals surface area contributed by atoms with Crippen molar-refractivity contribution < 1.29 is 5.11 Å². The van der Waals surface area contributed by atoms with Gasteiger partial charge in [0.05, 0.1) is 0 Å². The average Bonchev–Trinajstić information content (AvgIpc) is 2.61. The van der Waals surface area contributed by atoms with E-state index in [2.05, 4.69) is 61.5 Å². The van der Waals surface area contributed by atoms with Crippen LogP contribution >= 0.6 is 0 Å². The van der Waals surface area contributed by atoms with Gasteiger partial charge in [0, 0.05) is 0 Å². The zero-order valence-corrected chi connectivity index (χ0v) is 21.2. The number of allylic oxidation sites excluding steroid dienone is 3. The molecule has 0 aromatic heterocycles. The van der Waals surface area contributed by atoms with Crippen molar-refractivity contribution in [2.75, 3.05) is 0 Å². The van der Waals surface area contributed by atoms with E-state index >= 15 is 0 Å². The SMILES string of the molecule is CCCCCCCC1(CCCCCCC)C=C(C(C)(C)C)C(O)=C(C(C)(C)C)C1. The molecule has 1 aliphatic rings. The van der Waals surface area contributed by atoms with E-state index in [9.17, 15) is 5.11 Å². The molecule has 1 aliphatic carbocycles. The first-order chi connectivity index (χ1) is 13.5. The highest BCUT2D eigenvalue weighted by Crippen LogP contribution is 2.52. The van der Waals surface area contributed by atoms with Crippen LogP contribution in [0.4, 0.5) is 0 Å². The maximum Gasteiger partial charge on any atom is 0.118 e. The van der Waals surface area contributed by atoms with Crippen LogP contribution in [-0.4, -0.2) is 5.11 Å². The van der Waals surface area contributed by atoms with Gasteiger partial charge in [-0.15, -0.1) is 0 Å². The predicted molar refractivity (Wildman–Crippen MR) is 130 cm³/mol. The van der Waals surface area contributed by atoms with Gasteiger partial charge in [0.25, 0.3) is 0 Å².